The number of ketones is 1. The second kappa shape index (κ2) is 9.77. The molecule has 2 N–H and O–H groups in total. The number of amides is 4. The smallest absolute Gasteiger partial charge is 0.325 e. The number of rotatable bonds is 7. The third-order valence-electron chi connectivity index (χ3n) is 6.20. The third-order valence-corrected chi connectivity index (χ3v) is 6.20. The number of carbonyl (C=O) groups is 4. The molecule has 0 aliphatic carbocycles. The number of nitrogens with one attached hydrogen (secondary N) is 2. The summed E-state index contributed by atoms with van der Waals surface area (Å²) in [6, 6.07) is 24.3. The molecule has 3 aromatic rings. The lowest BCUT2D eigenvalue weighted by Crippen LogP contribution is -2.46. The van der Waals surface area contributed by atoms with Crippen molar-refractivity contribution >= 4 is 29.3 Å². The van der Waals surface area contributed by atoms with Crippen molar-refractivity contribution in [1.82, 2.24) is 10.2 Å². The molecular formula is C29H29N3O4. The Morgan fingerprint density at radius 1 is 0.861 bits per heavy atom. The van der Waals surface area contributed by atoms with E-state index in [1.807, 2.05) is 69.3 Å². The highest BCUT2D eigenvalue weighted by molar-refractivity contribution is 6.11. The molecule has 1 aliphatic heterocycles. The van der Waals surface area contributed by atoms with Gasteiger partial charge in [0.1, 0.15) is 0 Å². The molecule has 0 saturated carbocycles. The molecule has 0 radical (unpaired) electrons. The first kappa shape index (κ1) is 24.9. The molecule has 3 aromatic carbocycles. The van der Waals surface area contributed by atoms with E-state index in [-0.39, 0.29) is 24.7 Å². The second-order valence-corrected chi connectivity index (χ2v) is 9.96. The number of imide groups is 1. The Morgan fingerprint density at radius 2 is 1.44 bits per heavy atom. The highest BCUT2D eigenvalue weighted by Crippen LogP contribution is 2.33. The van der Waals surface area contributed by atoms with Crippen LogP contribution in [0.4, 0.5) is 10.5 Å². The van der Waals surface area contributed by atoms with Gasteiger partial charge in [-0.15, -0.1) is 0 Å². The zero-order valence-electron chi connectivity index (χ0n) is 20.6. The molecule has 7 nitrogen and oxygen atoms in total. The van der Waals surface area contributed by atoms with E-state index >= 15 is 0 Å². The summed E-state index contributed by atoms with van der Waals surface area (Å²) < 4.78 is 0. The summed E-state index contributed by atoms with van der Waals surface area (Å²) >= 11 is 0. The molecule has 184 valence electrons. The molecule has 1 atom stereocenters. The number of Topliss-reactive ketones (excluding diaryl/α,β-unsaturated/α-hetero) is 1. The van der Waals surface area contributed by atoms with Crippen molar-refractivity contribution < 1.29 is 19.2 Å². The van der Waals surface area contributed by atoms with Crippen LogP contribution < -0.4 is 10.6 Å². The van der Waals surface area contributed by atoms with Gasteiger partial charge in [-0.1, -0.05) is 81.4 Å². The van der Waals surface area contributed by atoms with Crippen LogP contribution in [0.15, 0.2) is 84.9 Å². The summed E-state index contributed by atoms with van der Waals surface area (Å²) in [5, 5.41) is 5.68. The van der Waals surface area contributed by atoms with E-state index in [2.05, 4.69) is 10.6 Å². The molecule has 4 amide bonds. The molecule has 0 spiro atoms. The second-order valence-electron chi connectivity index (χ2n) is 9.96. The highest BCUT2D eigenvalue weighted by atomic mass is 16.2. The molecule has 1 fully saturated rings. The largest absolute Gasteiger partial charge is 0.326 e. The van der Waals surface area contributed by atoms with E-state index < -0.39 is 22.9 Å². The van der Waals surface area contributed by atoms with Crippen LogP contribution in [-0.4, -0.2) is 35.1 Å². The first-order chi connectivity index (χ1) is 17.1. The first-order valence-electron chi connectivity index (χ1n) is 11.8. The molecule has 36 heavy (non-hydrogen) atoms. The molecule has 1 aliphatic rings. The van der Waals surface area contributed by atoms with Crippen molar-refractivity contribution in [3.8, 4) is 0 Å². The van der Waals surface area contributed by atoms with Crippen molar-refractivity contribution in [2.75, 3.05) is 11.9 Å². The minimum Gasteiger partial charge on any atom is -0.326 e. The summed E-state index contributed by atoms with van der Waals surface area (Å²) in [5.41, 5.74) is 0.582. The number of urea groups is 1. The number of benzene rings is 3. The molecule has 0 bridgehead atoms. The Balaban J connectivity index is 1.55. The average Bonchev–Trinajstić information content (AvgIpc) is 3.10. The fourth-order valence-corrected chi connectivity index (χ4v) is 4.10. The minimum absolute atomic E-state index is 0.142. The topological polar surface area (TPSA) is 95.6 Å². The van der Waals surface area contributed by atoms with Gasteiger partial charge in [-0.2, -0.15) is 0 Å². The van der Waals surface area contributed by atoms with E-state index in [0.717, 1.165) is 10.5 Å². The van der Waals surface area contributed by atoms with Crippen LogP contribution in [0.1, 0.15) is 42.3 Å². The van der Waals surface area contributed by atoms with Gasteiger partial charge >= 0.3 is 6.03 Å². The van der Waals surface area contributed by atoms with Crippen LogP contribution >= 0.6 is 0 Å². The lowest BCUT2D eigenvalue weighted by Gasteiger charge is -2.27. The van der Waals surface area contributed by atoms with E-state index in [1.165, 1.54) is 0 Å². The fraction of sp³-hybridized carbons (Fsp3) is 0.241. The summed E-state index contributed by atoms with van der Waals surface area (Å²) in [4.78, 5) is 52.9. The van der Waals surface area contributed by atoms with Crippen LogP contribution in [-0.2, 0) is 21.5 Å². The summed E-state index contributed by atoms with van der Waals surface area (Å²) in [5.74, 6) is -0.989. The van der Waals surface area contributed by atoms with Crippen LogP contribution in [0.3, 0.4) is 0 Å². The molecule has 7 heteroatoms. The first-order valence-corrected chi connectivity index (χ1v) is 11.8. The van der Waals surface area contributed by atoms with Gasteiger partial charge in [-0.25, -0.2) is 4.79 Å². The molecule has 0 unspecified atom stereocenters. The maximum atomic E-state index is 13.7. The molecular weight excluding hydrogens is 454 g/mol. The highest BCUT2D eigenvalue weighted by Gasteiger charge is 2.52. The normalized spacial score (nSPS) is 17.6. The Hall–Kier alpha value is -4.26. The van der Waals surface area contributed by atoms with Gasteiger partial charge in [-0.05, 0) is 35.4 Å². The predicted molar refractivity (Wildman–Crippen MR) is 137 cm³/mol. The van der Waals surface area contributed by atoms with Crippen molar-refractivity contribution in [3.63, 3.8) is 0 Å². The SMILES string of the molecule is CC(C)(C)C(=O)Nc1ccc(C(=O)CN2C(=O)N[C@@](Cc3ccccc3)(c3ccccc3)C2=O)cc1. The number of carbonyl (C=O) groups excluding carboxylic acids is 4. The monoisotopic (exact) mass is 483 g/mol. The van der Waals surface area contributed by atoms with Gasteiger partial charge < -0.3 is 10.6 Å². The molecule has 4 rings (SSSR count). The van der Waals surface area contributed by atoms with Crippen molar-refractivity contribution in [3.05, 3.63) is 102 Å². The zero-order chi connectivity index (χ0) is 25.9. The maximum absolute atomic E-state index is 13.7. The fourth-order valence-electron chi connectivity index (χ4n) is 4.10. The molecule has 0 aromatic heterocycles. The molecule has 1 saturated heterocycles. The summed E-state index contributed by atoms with van der Waals surface area (Å²) in [6.45, 7) is 5.05. The average molecular weight is 484 g/mol. The van der Waals surface area contributed by atoms with Crippen LogP contribution in [0, 0.1) is 5.41 Å². The zero-order valence-corrected chi connectivity index (χ0v) is 20.6. The lowest BCUT2D eigenvalue weighted by atomic mass is 9.83. The van der Waals surface area contributed by atoms with Gasteiger partial charge in [0.2, 0.25) is 5.91 Å². The standard InChI is InChI=1S/C29H29N3O4/c1-28(2,3)25(34)30-23-16-14-21(15-17-23)24(33)19-32-26(35)29(31-27(32)36,22-12-8-5-9-13-22)18-20-10-6-4-7-11-20/h4-17H,18-19H2,1-3H3,(H,30,34)(H,31,36)/t29-/m0/s1. The Labute approximate surface area is 210 Å². The van der Waals surface area contributed by atoms with Crippen LogP contribution in [0.2, 0.25) is 0 Å². The Morgan fingerprint density at radius 3 is 2.03 bits per heavy atom. The quantitative estimate of drug-likeness (QED) is 0.381. The third kappa shape index (κ3) is 5.05. The minimum atomic E-state index is -1.30. The van der Waals surface area contributed by atoms with Crippen molar-refractivity contribution in [2.24, 2.45) is 5.41 Å². The predicted octanol–water partition coefficient (Wildman–Crippen LogP) is 4.54. The van der Waals surface area contributed by atoms with Crippen molar-refractivity contribution in [2.45, 2.75) is 32.7 Å². The summed E-state index contributed by atoms with van der Waals surface area (Å²) in [6.07, 6.45) is 0.259. The van der Waals surface area contributed by atoms with E-state index in [9.17, 15) is 19.2 Å². The van der Waals surface area contributed by atoms with Gasteiger partial charge in [0.25, 0.3) is 5.91 Å². The number of hydrogen-bond donors (Lipinski definition) is 2. The van der Waals surface area contributed by atoms with Gasteiger partial charge in [0, 0.05) is 23.1 Å². The van der Waals surface area contributed by atoms with E-state index in [4.69, 9.17) is 0 Å². The maximum Gasteiger partial charge on any atom is 0.325 e. The van der Waals surface area contributed by atoms with Crippen molar-refractivity contribution in [1.29, 1.82) is 0 Å². The Bertz CT molecular complexity index is 1280. The number of anilines is 1. The van der Waals surface area contributed by atoms with Gasteiger partial charge in [0.15, 0.2) is 11.3 Å². The van der Waals surface area contributed by atoms with Crippen LogP contribution in [0.25, 0.3) is 0 Å². The number of hydrogen-bond acceptors (Lipinski definition) is 4. The van der Waals surface area contributed by atoms with E-state index in [0.29, 0.717) is 16.8 Å². The van der Waals surface area contributed by atoms with E-state index in [1.54, 1.807) is 36.4 Å². The molecule has 1 heterocycles. The van der Waals surface area contributed by atoms with Crippen LogP contribution in [0.5, 0.6) is 0 Å². The summed E-state index contributed by atoms with van der Waals surface area (Å²) in [7, 11) is 0. The Kier molecular flexibility index (Phi) is 6.75. The number of nitrogens with zero attached hydrogens (tertiary/aromatic N) is 1. The lowest BCUT2D eigenvalue weighted by molar-refractivity contribution is -0.131. The van der Waals surface area contributed by atoms with Gasteiger partial charge in [-0.3, -0.25) is 19.3 Å². The van der Waals surface area contributed by atoms with Gasteiger partial charge in [0.05, 0.1) is 6.54 Å².